The van der Waals surface area contributed by atoms with E-state index in [1.165, 1.54) is 16.7 Å². The number of hydrogen-bond donors (Lipinski definition) is 1. The summed E-state index contributed by atoms with van der Waals surface area (Å²) in [5.74, 6) is 0. The van der Waals surface area contributed by atoms with Gasteiger partial charge in [0, 0.05) is 18.6 Å². The summed E-state index contributed by atoms with van der Waals surface area (Å²) in [5, 5.41) is 3.46. The van der Waals surface area contributed by atoms with Gasteiger partial charge in [0.2, 0.25) is 0 Å². The van der Waals surface area contributed by atoms with Gasteiger partial charge in [-0.3, -0.25) is 4.90 Å². The molecule has 0 amide bonds. The highest BCUT2D eigenvalue weighted by Gasteiger charge is 2.17. The van der Waals surface area contributed by atoms with Crippen molar-refractivity contribution in [2.24, 2.45) is 0 Å². The lowest BCUT2D eigenvalue weighted by atomic mass is 9.98. The zero-order valence-electron chi connectivity index (χ0n) is 12.7. The van der Waals surface area contributed by atoms with E-state index in [9.17, 15) is 0 Å². The van der Waals surface area contributed by atoms with Gasteiger partial charge in [-0.2, -0.15) is 0 Å². The molecule has 1 unspecified atom stereocenters. The van der Waals surface area contributed by atoms with Gasteiger partial charge in [-0.05, 0) is 52.4 Å². The summed E-state index contributed by atoms with van der Waals surface area (Å²) in [6.45, 7) is 13.3. The molecule has 1 atom stereocenters. The molecule has 1 aromatic rings. The fraction of sp³-hybridized carbons (Fsp3) is 0.625. The highest BCUT2D eigenvalue weighted by Crippen LogP contribution is 2.20. The minimum Gasteiger partial charge on any atom is -0.312 e. The fourth-order valence-corrected chi connectivity index (χ4v) is 2.50. The Morgan fingerprint density at radius 2 is 1.89 bits per heavy atom. The molecule has 0 spiro atoms. The third kappa shape index (κ3) is 3.82. The first kappa shape index (κ1) is 15.2. The van der Waals surface area contributed by atoms with Gasteiger partial charge in [0.05, 0.1) is 0 Å². The molecular formula is C16H28N2. The predicted octanol–water partition coefficient (Wildman–Crippen LogP) is 3.29. The zero-order valence-corrected chi connectivity index (χ0v) is 12.7. The Kier molecular flexibility index (Phi) is 5.83. The Bertz CT molecular complexity index is 371. The van der Waals surface area contributed by atoms with Crippen LogP contribution in [0.4, 0.5) is 0 Å². The number of hydrogen-bond acceptors (Lipinski definition) is 2. The van der Waals surface area contributed by atoms with Crippen LogP contribution in [0.5, 0.6) is 0 Å². The lowest BCUT2D eigenvalue weighted by Gasteiger charge is -2.30. The van der Waals surface area contributed by atoms with Crippen LogP contribution in [0.2, 0.25) is 0 Å². The predicted molar refractivity (Wildman–Crippen MR) is 80.1 cm³/mol. The van der Waals surface area contributed by atoms with Crippen molar-refractivity contribution in [3.63, 3.8) is 0 Å². The first-order valence-electron chi connectivity index (χ1n) is 6.98. The van der Waals surface area contributed by atoms with Crippen LogP contribution in [-0.4, -0.2) is 31.1 Å². The van der Waals surface area contributed by atoms with Crippen LogP contribution in [0.15, 0.2) is 18.2 Å². The Morgan fingerprint density at radius 3 is 2.33 bits per heavy atom. The van der Waals surface area contributed by atoms with Gasteiger partial charge in [-0.15, -0.1) is 0 Å². The van der Waals surface area contributed by atoms with Crippen LogP contribution < -0.4 is 5.32 Å². The van der Waals surface area contributed by atoms with Crippen molar-refractivity contribution < 1.29 is 0 Å². The molecule has 2 nitrogen and oxygen atoms in total. The number of aryl methyl sites for hydroxylation is 2. The lowest BCUT2D eigenvalue weighted by molar-refractivity contribution is 0.210. The number of likely N-dealkylation sites (N-methyl/N-ethyl adjacent to an activating group) is 2. The van der Waals surface area contributed by atoms with Crippen LogP contribution in [0.1, 0.15) is 43.5 Å². The highest BCUT2D eigenvalue weighted by molar-refractivity contribution is 5.33. The molecule has 0 aliphatic carbocycles. The number of nitrogens with zero attached hydrogens (tertiary/aromatic N) is 1. The number of nitrogens with one attached hydrogen (secondary N) is 1. The maximum Gasteiger partial charge on any atom is 0.0449 e. The van der Waals surface area contributed by atoms with Crippen LogP contribution in [0.3, 0.4) is 0 Å². The van der Waals surface area contributed by atoms with Gasteiger partial charge in [0.15, 0.2) is 0 Å². The molecule has 1 aromatic carbocycles. The first-order valence-corrected chi connectivity index (χ1v) is 6.98. The maximum absolute atomic E-state index is 3.46. The summed E-state index contributed by atoms with van der Waals surface area (Å²) >= 11 is 0. The molecule has 0 radical (unpaired) electrons. The van der Waals surface area contributed by atoms with E-state index in [0.717, 1.165) is 13.1 Å². The van der Waals surface area contributed by atoms with Crippen molar-refractivity contribution in [3.8, 4) is 0 Å². The molecule has 0 fully saturated rings. The van der Waals surface area contributed by atoms with E-state index in [1.54, 1.807) is 0 Å². The minimum atomic E-state index is 0.410. The minimum absolute atomic E-state index is 0.410. The summed E-state index contributed by atoms with van der Waals surface area (Å²) in [5.41, 5.74) is 4.14. The van der Waals surface area contributed by atoms with Crippen molar-refractivity contribution >= 4 is 0 Å². The summed E-state index contributed by atoms with van der Waals surface area (Å²) in [4.78, 5) is 2.50. The van der Waals surface area contributed by atoms with Gasteiger partial charge < -0.3 is 5.32 Å². The average Bonchev–Trinajstić information content (AvgIpc) is 2.31. The normalized spacial score (nSPS) is 13.3. The molecule has 102 valence electrons. The standard InChI is InChI=1S/C16H28N2/c1-7-18(12(2)3)11-16(17-6)15-9-8-13(4)10-14(15)5/h8-10,12,16-17H,7,11H2,1-6H3. The largest absolute Gasteiger partial charge is 0.312 e. The molecule has 1 rings (SSSR count). The fourth-order valence-electron chi connectivity index (χ4n) is 2.50. The molecule has 0 aliphatic heterocycles. The summed E-state index contributed by atoms with van der Waals surface area (Å²) in [7, 11) is 2.05. The van der Waals surface area contributed by atoms with Gasteiger partial charge in [0.25, 0.3) is 0 Å². The molecule has 0 saturated heterocycles. The van der Waals surface area contributed by atoms with Crippen molar-refractivity contribution in [1.82, 2.24) is 10.2 Å². The van der Waals surface area contributed by atoms with E-state index in [2.05, 4.69) is 70.1 Å². The van der Waals surface area contributed by atoms with Gasteiger partial charge >= 0.3 is 0 Å². The van der Waals surface area contributed by atoms with E-state index < -0.39 is 0 Å². The Labute approximate surface area is 112 Å². The van der Waals surface area contributed by atoms with Crippen molar-refractivity contribution in [3.05, 3.63) is 34.9 Å². The zero-order chi connectivity index (χ0) is 13.7. The van der Waals surface area contributed by atoms with Gasteiger partial charge in [-0.25, -0.2) is 0 Å². The van der Waals surface area contributed by atoms with Crippen molar-refractivity contribution in [2.75, 3.05) is 20.1 Å². The summed E-state index contributed by atoms with van der Waals surface area (Å²) in [6, 6.07) is 7.74. The number of benzene rings is 1. The summed E-state index contributed by atoms with van der Waals surface area (Å²) < 4.78 is 0. The third-order valence-electron chi connectivity index (χ3n) is 3.70. The molecule has 18 heavy (non-hydrogen) atoms. The van der Waals surface area contributed by atoms with Crippen molar-refractivity contribution in [1.29, 1.82) is 0 Å². The van der Waals surface area contributed by atoms with Gasteiger partial charge in [-0.1, -0.05) is 30.7 Å². The molecule has 0 bridgehead atoms. The van der Waals surface area contributed by atoms with E-state index in [1.807, 2.05) is 0 Å². The SMILES string of the molecule is CCN(CC(NC)c1ccc(C)cc1C)C(C)C. The molecule has 0 saturated carbocycles. The van der Waals surface area contributed by atoms with Gasteiger partial charge in [0.1, 0.15) is 0 Å². The smallest absolute Gasteiger partial charge is 0.0449 e. The van der Waals surface area contributed by atoms with Crippen LogP contribution in [0, 0.1) is 13.8 Å². The average molecular weight is 248 g/mol. The number of rotatable bonds is 6. The molecule has 0 aliphatic rings. The van der Waals surface area contributed by atoms with Crippen molar-refractivity contribution in [2.45, 2.75) is 46.7 Å². The van der Waals surface area contributed by atoms with Crippen LogP contribution >= 0.6 is 0 Å². The third-order valence-corrected chi connectivity index (χ3v) is 3.70. The monoisotopic (exact) mass is 248 g/mol. The Balaban J connectivity index is 2.88. The van der Waals surface area contributed by atoms with Crippen LogP contribution in [-0.2, 0) is 0 Å². The quantitative estimate of drug-likeness (QED) is 0.831. The molecule has 1 N–H and O–H groups in total. The second-order valence-electron chi connectivity index (χ2n) is 5.38. The molecule has 2 heteroatoms. The second kappa shape index (κ2) is 6.91. The van der Waals surface area contributed by atoms with E-state index in [-0.39, 0.29) is 0 Å². The maximum atomic E-state index is 3.46. The molecule has 0 aromatic heterocycles. The Morgan fingerprint density at radius 1 is 1.22 bits per heavy atom. The molecular weight excluding hydrogens is 220 g/mol. The summed E-state index contributed by atoms with van der Waals surface area (Å²) in [6.07, 6.45) is 0. The Hall–Kier alpha value is -0.860. The van der Waals surface area contributed by atoms with Crippen LogP contribution in [0.25, 0.3) is 0 Å². The van der Waals surface area contributed by atoms with E-state index >= 15 is 0 Å². The second-order valence-corrected chi connectivity index (χ2v) is 5.38. The lowest BCUT2D eigenvalue weighted by Crippen LogP contribution is -2.38. The topological polar surface area (TPSA) is 15.3 Å². The highest BCUT2D eigenvalue weighted by atomic mass is 15.2. The van der Waals surface area contributed by atoms with E-state index in [0.29, 0.717) is 12.1 Å². The molecule has 0 heterocycles. The first-order chi connectivity index (χ1) is 8.49. The van der Waals surface area contributed by atoms with E-state index in [4.69, 9.17) is 0 Å².